The Kier molecular flexibility index (Phi) is 3.25. The number of aromatic carboxylic acids is 1. The number of hydrogen-bond acceptors (Lipinski definition) is 2. The zero-order valence-electron chi connectivity index (χ0n) is 9.64. The fourth-order valence-electron chi connectivity index (χ4n) is 1.91. The maximum atomic E-state index is 13.5. The Hall–Kier alpha value is -1.63. The van der Waals surface area contributed by atoms with E-state index in [4.69, 9.17) is 5.11 Å². The molecule has 0 radical (unpaired) electrons. The van der Waals surface area contributed by atoms with E-state index in [2.05, 4.69) is 0 Å². The van der Waals surface area contributed by atoms with Crippen LogP contribution in [0.4, 0.5) is 17.6 Å². The molecule has 0 aliphatic heterocycles. The highest BCUT2D eigenvalue weighted by Gasteiger charge is 2.35. The van der Waals surface area contributed by atoms with Crippen LogP contribution >= 0.6 is 11.3 Å². The zero-order chi connectivity index (χ0) is 14.4. The van der Waals surface area contributed by atoms with Crippen LogP contribution in [0, 0.1) is 5.82 Å². The first-order valence-corrected chi connectivity index (χ1v) is 6.12. The van der Waals surface area contributed by atoms with Crippen LogP contribution in [0.5, 0.6) is 0 Å². The number of thiophene rings is 1. The Bertz CT molecular complexity index is 658. The average molecular weight is 292 g/mol. The van der Waals surface area contributed by atoms with Crippen molar-refractivity contribution in [1.29, 1.82) is 0 Å². The fraction of sp³-hybridized carbons (Fsp3) is 0.250. The molecular formula is C12H8F4O2S. The molecule has 0 aliphatic rings. The molecule has 2 aromatic rings. The predicted molar refractivity (Wildman–Crippen MR) is 63.1 cm³/mol. The van der Waals surface area contributed by atoms with Crippen LogP contribution in [0.25, 0.3) is 10.1 Å². The first kappa shape index (κ1) is 13.8. The lowest BCUT2D eigenvalue weighted by atomic mass is 10.1. The number of carboxylic acid groups (broad SMARTS) is 1. The van der Waals surface area contributed by atoms with Gasteiger partial charge in [0, 0.05) is 4.70 Å². The lowest BCUT2D eigenvalue weighted by Crippen LogP contribution is -2.07. The van der Waals surface area contributed by atoms with E-state index >= 15 is 0 Å². The number of benzene rings is 1. The van der Waals surface area contributed by atoms with Gasteiger partial charge in [0.15, 0.2) is 0 Å². The molecule has 0 fully saturated rings. The Morgan fingerprint density at radius 3 is 2.47 bits per heavy atom. The molecule has 1 aromatic heterocycles. The molecular weight excluding hydrogens is 284 g/mol. The summed E-state index contributed by atoms with van der Waals surface area (Å²) in [7, 11) is 0. The number of carboxylic acids is 1. The third-order valence-electron chi connectivity index (χ3n) is 2.73. The molecule has 7 heteroatoms. The molecule has 0 spiro atoms. The fourth-order valence-corrected chi connectivity index (χ4v) is 3.06. The summed E-state index contributed by atoms with van der Waals surface area (Å²) in [4.78, 5) is 11.0. The number of aryl methyl sites for hydroxylation is 1. The van der Waals surface area contributed by atoms with Crippen LogP contribution in [0.15, 0.2) is 12.1 Å². The van der Waals surface area contributed by atoms with Crippen LogP contribution in [-0.2, 0) is 12.6 Å². The van der Waals surface area contributed by atoms with Gasteiger partial charge in [0.2, 0.25) is 0 Å². The number of carbonyl (C=O) groups is 1. The summed E-state index contributed by atoms with van der Waals surface area (Å²) in [5.74, 6) is -2.60. The third-order valence-corrected chi connectivity index (χ3v) is 3.92. The normalized spacial score (nSPS) is 12.1. The number of fused-ring (bicyclic) bond motifs is 1. The minimum absolute atomic E-state index is 0.0452. The summed E-state index contributed by atoms with van der Waals surface area (Å²) >= 11 is 0.729. The van der Waals surface area contributed by atoms with Crippen molar-refractivity contribution in [3.63, 3.8) is 0 Å². The molecule has 1 N–H and O–H groups in total. The molecule has 0 unspecified atom stereocenters. The number of hydrogen-bond donors (Lipinski definition) is 1. The van der Waals surface area contributed by atoms with E-state index in [1.165, 1.54) is 0 Å². The maximum Gasteiger partial charge on any atom is 0.419 e. The minimum atomic E-state index is -4.79. The van der Waals surface area contributed by atoms with E-state index in [0.717, 1.165) is 17.4 Å². The van der Waals surface area contributed by atoms with Crippen molar-refractivity contribution >= 4 is 27.4 Å². The zero-order valence-corrected chi connectivity index (χ0v) is 10.5. The second kappa shape index (κ2) is 4.48. The first-order chi connectivity index (χ1) is 8.75. The van der Waals surface area contributed by atoms with E-state index in [9.17, 15) is 22.4 Å². The number of rotatable bonds is 2. The Labute approximate surface area is 109 Å². The summed E-state index contributed by atoms with van der Waals surface area (Å²) in [6, 6.07) is 1.43. The monoisotopic (exact) mass is 292 g/mol. The summed E-state index contributed by atoms with van der Waals surface area (Å²) in [6.07, 6.45) is -4.48. The van der Waals surface area contributed by atoms with Crippen LogP contribution in [-0.4, -0.2) is 11.1 Å². The van der Waals surface area contributed by atoms with E-state index in [1.807, 2.05) is 0 Å². The molecule has 2 rings (SSSR count). The Morgan fingerprint density at radius 1 is 1.37 bits per heavy atom. The highest BCUT2D eigenvalue weighted by atomic mass is 32.1. The molecule has 0 amide bonds. The average Bonchev–Trinajstić information content (AvgIpc) is 2.64. The van der Waals surface area contributed by atoms with Gasteiger partial charge < -0.3 is 5.11 Å². The SMILES string of the molecule is CCc1c(C(=O)O)sc2cc(C(F)(F)F)c(F)cc12. The van der Waals surface area contributed by atoms with Gasteiger partial charge in [-0.2, -0.15) is 13.2 Å². The molecule has 102 valence electrons. The summed E-state index contributed by atoms with van der Waals surface area (Å²) in [6.45, 7) is 1.67. The lowest BCUT2D eigenvalue weighted by Gasteiger charge is -2.08. The maximum absolute atomic E-state index is 13.5. The molecule has 0 atom stereocenters. The van der Waals surface area contributed by atoms with E-state index < -0.39 is 23.5 Å². The number of alkyl halides is 3. The third kappa shape index (κ3) is 2.30. The van der Waals surface area contributed by atoms with Gasteiger partial charge >= 0.3 is 12.1 Å². The van der Waals surface area contributed by atoms with Crippen LogP contribution in [0.1, 0.15) is 27.7 Å². The van der Waals surface area contributed by atoms with E-state index in [-0.39, 0.29) is 15.0 Å². The van der Waals surface area contributed by atoms with Gasteiger partial charge in [-0.15, -0.1) is 11.3 Å². The number of halogens is 4. The first-order valence-electron chi connectivity index (χ1n) is 5.31. The van der Waals surface area contributed by atoms with Crippen molar-refractivity contribution in [2.75, 3.05) is 0 Å². The van der Waals surface area contributed by atoms with Gasteiger partial charge in [-0.1, -0.05) is 6.92 Å². The van der Waals surface area contributed by atoms with Gasteiger partial charge in [-0.25, -0.2) is 9.18 Å². The molecule has 2 nitrogen and oxygen atoms in total. The quantitative estimate of drug-likeness (QED) is 0.837. The van der Waals surface area contributed by atoms with Crippen LogP contribution in [0.2, 0.25) is 0 Å². The topological polar surface area (TPSA) is 37.3 Å². The summed E-state index contributed by atoms with van der Waals surface area (Å²) in [5, 5.41) is 9.22. The second-order valence-corrected chi connectivity index (χ2v) is 4.95. The molecule has 19 heavy (non-hydrogen) atoms. The van der Waals surface area contributed by atoms with E-state index in [1.54, 1.807) is 6.92 Å². The van der Waals surface area contributed by atoms with Crippen molar-refractivity contribution in [3.8, 4) is 0 Å². The van der Waals surface area contributed by atoms with Gasteiger partial charge in [-0.05, 0) is 29.5 Å². The Morgan fingerprint density at radius 2 is 2.00 bits per heavy atom. The van der Waals surface area contributed by atoms with Gasteiger partial charge in [0.25, 0.3) is 0 Å². The molecule has 1 aromatic carbocycles. The summed E-state index contributed by atoms with van der Waals surface area (Å²) < 4.78 is 51.3. The molecule has 0 saturated carbocycles. The highest BCUT2D eigenvalue weighted by Crippen LogP contribution is 2.38. The molecule has 0 saturated heterocycles. The van der Waals surface area contributed by atoms with Gasteiger partial charge in [-0.3, -0.25) is 0 Å². The lowest BCUT2D eigenvalue weighted by molar-refractivity contribution is -0.139. The van der Waals surface area contributed by atoms with Gasteiger partial charge in [0.1, 0.15) is 10.7 Å². The van der Waals surface area contributed by atoms with Crippen molar-refractivity contribution in [3.05, 3.63) is 34.0 Å². The van der Waals surface area contributed by atoms with Crippen molar-refractivity contribution in [2.45, 2.75) is 19.5 Å². The van der Waals surface area contributed by atoms with Crippen molar-refractivity contribution < 1.29 is 27.5 Å². The van der Waals surface area contributed by atoms with Crippen LogP contribution < -0.4 is 0 Å². The van der Waals surface area contributed by atoms with Crippen LogP contribution in [0.3, 0.4) is 0 Å². The molecule has 0 bridgehead atoms. The smallest absolute Gasteiger partial charge is 0.419 e. The molecule has 1 heterocycles. The van der Waals surface area contributed by atoms with Gasteiger partial charge in [0.05, 0.1) is 5.56 Å². The molecule has 0 aliphatic carbocycles. The van der Waals surface area contributed by atoms with Crippen molar-refractivity contribution in [1.82, 2.24) is 0 Å². The highest BCUT2D eigenvalue weighted by molar-refractivity contribution is 7.21. The summed E-state index contributed by atoms with van der Waals surface area (Å²) in [5.41, 5.74) is -1.01. The predicted octanol–water partition coefficient (Wildman–Crippen LogP) is 4.32. The largest absolute Gasteiger partial charge is 0.477 e. The van der Waals surface area contributed by atoms with Crippen molar-refractivity contribution in [2.24, 2.45) is 0 Å². The Balaban J connectivity index is 2.79. The van der Waals surface area contributed by atoms with E-state index in [0.29, 0.717) is 18.1 Å². The minimum Gasteiger partial charge on any atom is -0.477 e. The standard InChI is InChI=1S/C12H8F4O2S/c1-2-5-6-3-8(13)7(12(14,15)16)4-9(6)19-10(5)11(17)18/h3-4H,2H2,1H3,(H,17,18). The second-order valence-electron chi connectivity index (χ2n) is 3.89.